The number of halogens is 1. The molecule has 3 rings (SSSR count). The van der Waals surface area contributed by atoms with Gasteiger partial charge in [0.2, 0.25) is 0 Å². The van der Waals surface area contributed by atoms with Crippen LogP contribution in [0.15, 0.2) is 30.9 Å². The second kappa shape index (κ2) is 5.21. The summed E-state index contributed by atoms with van der Waals surface area (Å²) >= 11 is 6.11. The summed E-state index contributed by atoms with van der Waals surface area (Å²) in [5.74, 6) is 0.799. The van der Waals surface area contributed by atoms with Gasteiger partial charge < -0.3 is 5.32 Å². The summed E-state index contributed by atoms with van der Waals surface area (Å²) in [6, 6.07) is 6.32. The predicted octanol–water partition coefficient (Wildman–Crippen LogP) is 3.52. The number of aromatic nitrogens is 3. The van der Waals surface area contributed by atoms with E-state index >= 15 is 0 Å². The molecule has 1 aromatic carbocycles. The lowest BCUT2D eigenvalue weighted by atomic mass is 10.1. The molecule has 1 unspecified atom stereocenters. The summed E-state index contributed by atoms with van der Waals surface area (Å²) in [5.41, 5.74) is 2.01. The van der Waals surface area contributed by atoms with E-state index in [2.05, 4.69) is 22.3 Å². The number of hydrogen-bond donors (Lipinski definition) is 1. The fraction of sp³-hybridized carbons (Fsp3) is 0.429. The summed E-state index contributed by atoms with van der Waals surface area (Å²) in [5, 5.41) is 8.54. The third-order valence-corrected chi connectivity index (χ3v) is 3.83. The number of benzene rings is 1. The Kier molecular flexibility index (Phi) is 3.42. The molecule has 0 amide bonds. The Morgan fingerprint density at radius 2 is 2.32 bits per heavy atom. The highest BCUT2D eigenvalue weighted by Gasteiger charge is 2.30. The van der Waals surface area contributed by atoms with Crippen molar-refractivity contribution < 1.29 is 0 Å². The van der Waals surface area contributed by atoms with Crippen LogP contribution in [-0.4, -0.2) is 20.8 Å². The lowest BCUT2D eigenvalue weighted by Gasteiger charge is -2.20. The fourth-order valence-electron chi connectivity index (χ4n) is 2.41. The van der Waals surface area contributed by atoms with Gasteiger partial charge in [0.25, 0.3) is 0 Å². The Morgan fingerprint density at radius 1 is 1.47 bits per heavy atom. The molecule has 1 aliphatic rings. The molecule has 0 spiro atoms. The van der Waals surface area contributed by atoms with Crippen LogP contribution in [0.3, 0.4) is 0 Å². The highest BCUT2D eigenvalue weighted by Crippen LogP contribution is 2.36. The highest BCUT2D eigenvalue weighted by molar-refractivity contribution is 6.31. The van der Waals surface area contributed by atoms with E-state index in [4.69, 9.17) is 11.6 Å². The second-order valence-electron chi connectivity index (χ2n) is 5.00. The summed E-state index contributed by atoms with van der Waals surface area (Å²) in [6.45, 7) is 2.22. The van der Waals surface area contributed by atoms with Gasteiger partial charge in [0.1, 0.15) is 12.7 Å². The number of rotatable bonds is 5. The maximum atomic E-state index is 6.11. The molecule has 1 fully saturated rings. The molecule has 0 bridgehead atoms. The highest BCUT2D eigenvalue weighted by atomic mass is 35.5. The first kappa shape index (κ1) is 12.5. The molecule has 0 saturated heterocycles. The maximum Gasteiger partial charge on any atom is 0.138 e. The molecule has 5 heteroatoms. The van der Waals surface area contributed by atoms with Gasteiger partial charge in [-0.1, -0.05) is 18.5 Å². The Bertz CT molecular complexity index is 549. The van der Waals surface area contributed by atoms with Crippen molar-refractivity contribution in [2.75, 3.05) is 5.32 Å². The third kappa shape index (κ3) is 2.73. The van der Waals surface area contributed by atoms with E-state index in [0.717, 1.165) is 28.7 Å². The zero-order chi connectivity index (χ0) is 13.2. The van der Waals surface area contributed by atoms with Crippen LogP contribution in [0.1, 0.15) is 26.2 Å². The molecule has 1 N–H and O–H groups in total. The first-order valence-electron chi connectivity index (χ1n) is 6.69. The van der Waals surface area contributed by atoms with Crippen molar-refractivity contribution in [1.29, 1.82) is 0 Å². The third-order valence-electron chi connectivity index (χ3n) is 3.60. The van der Waals surface area contributed by atoms with E-state index in [-0.39, 0.29) is 0 Å². The predicted molar refractivity (Wildman–Crippen MR) is 76.8 cm³/mol. The minimum Gasteiger partial charge on any atom is -0.380 e. The molecule has 2 aromatic rings. The molecule has 0 aliphatic heterocycles. The first-order chi connectivity index (χ1) is 9.28. The van der Waals surface area contributed by atoms with Crippen molar-refractivity contribution in [1.82, 2.24) is 14.8 Å². The maximum absolute atomic E-state index is 6.11. The van der Waals surface area contributed by atoms with E-state index < -0.39 is 0 Å². The monoisotopic (exact) mass is 276 g/mol. The summed E-state index contributed by atoms with van der Waals surface area (Å²) in [7, 11) is 0. The van der Waals surface area contributed by atoms with Crippen LogP contribution in [0.25, 0.3) is 5.69 Å². The van der Waals surface area contributed by atoms with E-state index in [9.17, 15) is 0 Å². The molecule has 19 heavy (non-hydrogen) atoms. The quantitative estimate of drug-likeness (QED) is 0.909. The minimum absolute atomic E-state index is 0.515. The lowest BCUT2D eigenvalue weighted by molar-refractivity contribution is 0.615. The number of hydrogen-bond acceptors (Lipinski definition) is 3. The van der Waals surface area contributed by atoms with Crippen molar-refractivity contribution in [2.45, 2.75) is 32.2 Å². The first-order valence-corrected chi connectivity index (χ1v) is 7.07. The van der Waals surface area contributed by atoms with Crippen molar-refractivity contribution in [3.63, 3.8) is 0 Å². The molecule has 1 aromatic heterocycles. The zero-order valence-electron chi connectivity index (χ0n) is 10.9. The van der Waals surface area contributed by atoms with Gasteiger partial charge in [0.05, 0.1) is 11.4 Å². The van der Waals surface area contributed by atoms with Crippen molar-refractivity contribution >= 4 is 17.3 Å². The number of anilines is 1. The summed E-state index contributed by atoms with van der Waals surface area (Å²) in [4.78, 5) is 4.00. The summed E-state index contributed by atoms with van der Waals surface area (Å²) in [6.07, 6.45) is 7.01. The van der Waals surface area contributed by atoms with E-state index in [1.54, 1.807) is 11.0 Å². The average Bonchev–Trinajstić information content (AvgIpc) is 3.11. The molecule has 1 saturated carbocycles. The molecule has 0 radical (unpaired) electrons. The van der Waals surface area contributed by atoms with E-state index in [1.807, 2.05) is 18.2 Å². The van der Waals surface area contributed by atoms with Gasteiger partial charge in [-0.15, -0.1) is 0 Å². The lowest BCUT2D eigenvalue weighted by Crippen LogP contribution is -2.21. The van der Waals surface area contributed by atoms with Crippen LogP contribution >= 0.6 is 11.6 Å². The van der Waals surface area contributed by atoms with Crippen LogP contribution in [0, 0.1) is 5.92 Å². The molecule has 1 heterocycles. The van der Waals surface area contributed by atoms with Crippen LogP contribution in [0.4, 0.5) is 5.69 Å². The molecular formula is C14H17ClN4. The smallest absolute Gasteiger partial charge is 0.138 e. The van der Waals surface area contributed by atoms with Crippen molar-refractivity contribution in [3.05, 3.63) is 35.9 Å². The van der Waals surface area contributed by atoms with Crippen molar-refractivity contribution in [2.24, 2.45) is 5.92 Å². The fourth-order valence-corrected chi connectivity index (χ4v) is 2.58. The van der Waals surface area contributed by atoms with Crippen LogP contribution in [-0.2, 0) is 0 Å². The molecule has 4 nitrogen and oxygen atoms in total. The van der Waals surface area contributed by atoms with Crippen LogP contribution in [0.5, 0.6) is 0 Å². The summed E-state index contributed by atoms with van der Waals surface area (Å²) < 4.78 is 1.76. The van der Waals surface area contributed by atoms with E-state index in [1.165, 1.54) is 19.2 Å². The zero-order valence-corrected chi connectivity index (χ0v) is 11.6. The molecular weight excluding hydrogens is 260 g/mol. The molecule has 1 atom stereocenters. The van der Waals surface area contributed by atoms with Crippen molar-refractivity contribution in [3.8, 4) is 5.69 Å². The van der Waals surface area contributed by atoms with Gasteiger partial charge >= 0.3 is 0 Å². The van der Waals surface area contributed by atoms with Gasteiger partial charge in [-0.05, 0) is 43.4 Å². The van der Waals surface area contributed by atoms with Gasteiger partial charge in [0.15, 0.2) is 0 Å². The van der Waals surface area contributed by atoms with Gasteiger partial charge in [-0.2, -0.15) is 5.10 Å². The Labute approximate surface area is 117 Å². The van der Waals surface area contributed by atoms with E-state index in [0.29, 0.717) is 6.04 Å². The number of nitrogens with zero attached hydrogens (tertiary/aromatic N) is 3. The molecule has 100 valence electrons. The van der Waals surface area contributed by atoms with Crippen LogP contribution < -0.4 is 5.32 Å². The van der Waals surface area contributed by atoms with Gasteiger partial charge in [0, 0.05) is 11.1 Å². The van der Waals surface area contributed by atoms with Gasteiger partial charge in [-0.3, -0.25) is 0 Å². The normalized spacial score (nSPS) is 16.3. The second-order valence-corrected chi connectivity index (χ2v) is 5.43. The van der Waals surface area contributed by atoms with Crippen LogP contribution in [0.2, 0.25) is 5.02 Å². The largest absolute Gasteiger partial charge is 0.380 e. The standard InChI is InChI=1S/C14H17ClN4/c1-2-12(10-3-4-10)18-13-7-11(15)5-6-14(13)19-9-16-8-17-19/h5-10,12,18H,2-4H2,1H3. The van der Waals surface area contributed by atoms with Gasteiger partial charge in [-0.25, -0.2) is 9.67 Å². The molecule has 1 aliphatic carbocycles. The Hall–Kier alpha value is -1.55. The average molecular weight is 277 g/mol. The number of nitrogens with one attached hydrogen (secondary N) is 1. The Balaban J connectivity index is 1.92. The Morgan fingerprint density at radius 3 is 2.95 bits per heavy atom. The SMILES string of the molecule is CCC(Nc1cc(Cl)ccc1-n1cncn1)C1CC1. The minimum atomic E-state index is 0.515. The topological polar surface area (TPSA) is 42.7 Å².